The number of amides is 1. The second kappa shape index (κ2) is 8.59. The number of rotatable bonds is 6. The fourth-order valence-corrected chi connectivity index (χ4v) is 4.19. The third-order valence-corrected chi connectivity index (χ3v) is 5.97. The molecule has 3 rings (SSSR count). The van der Waals surface area contributed by atoms with Gasteiger partial charge in [0.1, 0.15) is 4.88 Å². The van der Waals surface area contributed by atoms with Crippen molar-refractivity contribution in [1.82, 2.24) is 14.8 Å². The second-order valence-corrected chi connectivity index (χ2v) is 8.09. The van der Waals surface area contributed by atoms with E-state index in [2.05, 4.69) is 22.3 Å². The lowest BCUT2D eigenvalue weighted by Gasteiger charge is -2.09. The Morgan fingerprint density at radius 2 is 1.93 bits per heavy atom. The van der Waals surface area contributed by atoms with Crippen LogP contribution in [0.1, 0.15) is 57.6 Å². The number of alkyl halides is 3. The summed E-state index contributed by atoms with van der Waals surface area (Å²) < 4.78 is 40.4. The zero-order chi connectivity index (χ0) is 22.1. The van der Waals surface area contributed by atoms with Crippen LogP contribution in [0, 0.1) is 20.8 Å². The van der Waals surface area contributed by atoms with E-state index in [1.165, 1.54) is 17.7 Å². The van der Waals surface area contributed by atoms with Crippen molar-refractivity contribution in [2.45, 2.75) is 53.1 Å². The molecular weight excluding hydrogens is 413 g/mol. The zero-order valence-corrected chi connectivity index (χ0v) is 18.0. The van der Waals surface area contributed by atoms with Gasteiger partial charge in [0.2, 0.25) is 5.13 Å². The minimum absolute atomic E-state index is 0.0807. The minimum atomic E-state index is -4.47. The standard InChI is InChI=1S/C21H23F3N4OS/c1-5-6-10-17-12(2)27-28(14(17)4)20-25-13(3)18(30-20)19(29)26-16-9-7-8-15(11-16)21(22,23)24/h7-9,11H,5-6,10H2,1-4H3,(H,26,29). The quantitative estimate of drug-likeness (QED) is 0.526. The molecule has 0 spiro atoms. The molecule has 0 atom stereocenters. The van der Waals surface area contributed by atoms with Crippen molar-refractivity contribution in [2.24, 2.45) is 0 Å². The first kappa shape index (κ1) is 22.0. The highest BCUT2D eigenvalue weighted by Gasteiger charge is 2.30. The Kier molecular flexibility index (Phi) is 6.30. The lowest BCUT2D eigenvalue weighted by molar-refractivity contribution is -0.137. The van der Waals surface area contributed by atoms with Gasteiger partial charge in [-0.2, -0.15) is 18.3 Å². The van der Waals surface area contributed by atoms with Gasteiger partial charge in [0.25, 0.3) is 5.91 Å². The van der Waals surface area contributed by atoms with Crippen molar-refractivity contribution in [3.63, 3.8) is 0 Å². The first-order valence-corrected chi connectivity index (χ1v) is 10.4. The molecule has 30 heavy (non-hydrogen) atoms. The average molecular weight is 437 g/mol. The number of thiazole rings is 1. The summed E-state index contributed by atoms with van der Waals surface area (Å²) in [5, 5.41) is 7.68. The van der Waals surface area contributed by atoms with E-state index >= 15 is 0 Å². The van der Waals surface area contributed by atoms with E-state index < -0.39 is 17.6 Å². The largest absolute Gasteiger partial charge is 0.416 e. The number of anilines is 1. The van der Waals surface area contributed by atoms with Crippen LogP contribution in [-0.2, 0) is 12.6 Å². The van der Waals surface area contributed by atoms with E-state index in [9.17, 15) is 18.0 Å². The van der Waals surface area contributed by atoms with Gasteiger partial charge in [-0.3, -0.25) is 4.79 Å². The average Bonchev–Trinajstić information content (AvgIpc) is 3.19. The highest BCUT2D eigenvalue weighted by molar-refractivity contribution is 7.16. The molecule has 0 aliphatic rings. The highest BCUT2D eigenvalue weighted by Crippen LogP contribution is 2.31. The van der Waals surface area contributed by atoms with Crippen LogP contribution in [0.2, 0.25) is 0 Å². The fraction of sp³-hybridized carbons (Fsp3) is 0.381. The number of hydrogen-bond donors (Lipinski definition) is 1. The number of halogens is 3. The van der Waals surface area contributed by atoms with Gasteiger partial charge in [-0.25, -0.2) is 9.67 Å². The normalized spacial score (nSPS) is 11.7. The van der Waals surface area contributed by atoms with Crippen LogP contribution in [0.3, 0.4) is 0 Å². The highest BCUT2D eigenvalue weighted by atomic mass is 32.1. The van der Waals surface area contributed by atoms with Crippen LogP contribution >= 0.6 is 11.3 Å². The molecule has 0 fully saturated rings. The number of carbonyl (C=O) groups is 1. The van der Waals surface area contributed by atoms with Crippen molar-refractivity contribution in [2.75, 3.05) is 5.32 Å². The Morgan fingerprint density at radius 1 is 1.20 bits per heavy atom. The molecule has 0 saturated heterocycles. The van der Waals surface area contributed by atoms with E-state index in [1.807, 2.05) is 13.8 Å². The van der Waals surface area contributed by atoms with Gasteiger partial charge in [0.15, 0.2) is 0 Å². The Balaban J connectivity index is 1.86. The van der Waals surface area contributed by atoms with Crippen LogP contribution in [-0.4, -0.2) is 20.7 Å². The molecule has 1 aromatic carbocycles. The van der Waals surface area contributed by atoms with Gasteiger partial charge in [0.05, 0.1) is 17.0 Å². The summed E-state index contributed by atoms with van der Waals surface area (Å²) in [4.78, 5) is 17.5. The molecular formula is C21H23F3N4OS. The molecule has 2 heterocycles. The van der Waals surface area contributed by atoms with Gasteiger partial charge in [0, 0.05) is 11.4 Å². The molecule has 0 radical (unpaired) electrons. The van der Waals surface area contributed by atoms with Gasteiger partial charge in [-0.1, -0.05) is 30.7 Å². The summed E-state index contributed by atoms with van der Waals surface area (Å²) in [7, 11) is 0. The molecule has 0 saturated carbocycles. The summed E-state index contributed by atoms with van der Waals surface area (Å²) in [6.45, 7) is 7.76. The SMILES string of the molecule is CCCCc1c(C)nn(-c2nc(C)c(C(=O)Nc3cccc(C(F)(F)F)c3)s2)c1C. The lowest BCUT2D eigenvalue weighted by Crippen LogP contribution is -2.13. The summed E-state index contributed by atoms with van der Waals surface area (Å²) >= 11 is 1.16. The summed E-state index contributed by atoms with van der Waals surface area (Å²) in [5.41, 5.74) is 2.87. The van der Waals surface area contributed by atoms with E-state index in [4.69, 9.17) is 0 Å². The maximum absolute atomic E-state index is 12.9. The number of nitrogens with zero attached hydrogens (tertiary/aromatic N) is 3. The third-order valence-electron chi connectivity index (χ3n) is 4.84. The lowest BCUT2D eigenvalue weighted by atomic mass is 10.1. The molecule has 3 aromatic rings. The molecule has 5 nitrogen and oxygen atoms in total. The summed E-state index contributed by atoms with van der Waals surface area (Å²) in [5.74, 6) is -0.497. The van der Waals surface area contributed by atoms with Crippen LogP contribution in [0.15, 0.2) is 24.3 Å². The smallest absolute Gasteiger partial charge is 0.321 e. The van der Waals surface area contributed by atoms with Crippen molar-refractivity contribution >= 4 is 22.9 Å². The molecule has 1 N–H and O–H groups in total. The first-order chi connectivity index (χ1) is 14.1. The Bertz CT molecular complexity index is 1070. The van der Waals surface area contributed by atoms with Crippen LogP contribution < -0.4 is 5.32 Å². The molecule has 0 aliphatic heterocycles. The maximum atomic E-state index is 12.9. The number of unbranched alkanes of at least 4 members (excludes halogenated alkanes) is 1. The Hall–Kier alpha value is -2.68. The predicted molar refractivity (Wildman–Crippen MR) is 111 cm³/mol. The second-order valence-electron chi connectivity index (χ2n) is 7.11. The van der Waals surface area contributed by atoms with Crippen molar-refractivity contribution in [1.29, 1.82) is 0 Å². The third kappa shape index (κ3) is 4.56. The molecule has 9 heteroatoms. The van der Waals surface area contributed by atoms with E-state index in [1.54, 1.807) is 11.6 Å². The van der Waals surface area contributed by atoms with Crippen LogP contribution in [0.4, 0.5) is 18.9 Å². The predicted octanol–water partition coefficient (Wildman–Crippen LogP) is 5.87. The van der Waals surface area contributed by atoms with Crippen LogP contribution in [0.5, 0.6) is 0 Å². The van der Waals surface area contributed by atoms with E-state index in [-0.39, 0.29) is 5.69 Å². The van der Waals surface area contributed by atoms with Gasteiger partial charge in [-0.15, -0.1) is 0 Å². The molecule has 0 unspecified atom stereocenters. The topological polar surface area (TPSA) is 59.8 Å². The maximum Gasteiger partial charge on any atom is 0.416 e. The number of benzene rings is 1. The van der Waals surface area contributed by atoms with Crippen LogP contribution in [0.25, 0.3) is 5.13 Å². The molecule has 160 valence electrons. The Morgan fingerprint density at radius 3 is 2.60 bits per heavy atom. The van der Waals surface area contributed by atoms with Gasteiger partial charge in [-0.05, 0) is 57.4 Å². The van der Waals surface area contributed by atoms with E-state index in [0.29, 0.717) is 15.7 Å². The Labute approximate surface area is 177 Å². The monoisotopic (exact) mass is 436 g/mol. The van der Waals surface area contributed by atoms with E-state index in [0.717, 1.165) is 54.1 Å². The number of nitrogens with one attached hydrogen (secondary N) is 1. The number of aromatic nitrogens is 3. The van der Waals surface area contributed by atoms with Gasteiger partial charge < -0.3 is 5.32 Å². The first-order valence-electron chi connectivity index (χ1n) is 9.63. The minimum Gasteiger partial charge on any atom is -0.321 e. The van der Waals surface area contributed by atoms with Gasteiger partial charge >= 0.3 is 6.18 Å². The number of hydrogen-bond acceptors (Lipinski definition) is 4. The zero-order valence-electron chi connectivity index (χ0n) is 17.2. The van der Waals surface area contributed by atoms with Crippen molar-refractivity contribution < 1.29 is 18.0 Å². The molecule has 0 aliphatic carbocycles. The van der Waals surface area contributed by atoms with Crippen molar-refractivity contribution in [3.8, 4) is 5.13 Å². The molecule has 2 aromatic heterocycles. The summed E-state index contributed by atoms with van der Waals surface area (Å²) in [6, 6.07) is 4.56. The number of aryl methyl sites for hydroxylation is 2. The fourth-order valence-electron chi connectivity index (χ4n) is 3.22. The molecule has 1 amide bonds. The number of carbonyl (C=O) groups excluding carboxylic acids is 1. The molecule has 0 bridgehead atoms. The summed E-state index contributed by atoms with van der Waals surface area (Å²) in [6.07, 6.45) is -1.39. The van der Waals surface area contributed by atoms with Crippen molar-refractivity contribution in [3.05, 3.63) is 57.4 Å².